The fourth-order valence-electron chi connectivity index (χ4n) is 5.52. The number of benzene rings is 3. The lowest BCUT2D eigenvalue weighted by atomic mass is 9.87. The molecule has 5 amide bonds. The van der Waals surface area contributed by atoms with E-state index >= 15 is 0 Å². The number of hydrogen-bond donors (Lipinski definition) is 6. The summed E-state index contributed by atoms with van der Waals surface area (Å²) < 4.78 is 11.3. The number of nitrogens with one attached hydrogen (secondary N) is 5. The molecular weight excluding hydrogens is 678 g/mol. The molecule has 13 nitrogen and oxygen atoms in total. The third-order valence-corrected chi connectivity index (χ3v) is 8.29. The summed E-state index contributed by atoms with van der Waals surface area (Å²) in [7, 11) is 0. The van der Waals surface area contributed by atoms with Crippen molar-refractivity contribution in [2.45, 2.75) is 97.2 Å². The highest BCUT2D eigenvalue weighted by molar-refractivity contribution is 6.05. The number of alkyl carbamates (subject to hydrolysis) is 1. The van der Waals surface area contributed by atoms with E-state index in [2.05, 4.69) is 26.6 Å². The molecule has 3 aromatic rings. The van der Waals surface area contributed by atoms with Crippen LogP contribution < -0.4 is 31.3 Å². The van der Waals surface area contributed by atoms with Crippen LogP contribution in [0.1, 0.15) is 71.6 Å². The van der Waals surface area contributed by atoms with E-state index in [-0.39, 0.29) is 23.9 Å². The largest absolute Gasteiger partial charge is 0.489 e. The summed E-state index contributed by atoms with van der Waals surface area (Å²) in [4.78, 5) is 66.5. The van der Waals surface area contributed by atoms with Crippen LogP contribution in [0.5, 0.6) is 5.75 Å². The average molecular weight is 730 g/mol. The van der Waals surface area contributed by atoms with Gasteiger partial charge >= 0.3 is 6.09 Å². The van der Waals surface area contributed by atoms with E-state index in [1.165, 1.54) is 6.92 Å². The molecule has 0 unspecified atom stereocenters. The summed E-state index contributed by atoms with van der Waals surface area (Å²) in [5.74, 6) is -2.15. The predicted molar refractivity (Wildman–Crippen MR) is 200 cm³/mol. The molecule has 3 aromatic carbocycles. The summed E-state index contributed by atoms with van der Waals surface area (Å²) in [6.45, 7) is 12.9. The molecule has 0 aromatic heterocycles. The van der Waals surface area contributed by atoms with Gasteiger partial charge in [0.2, 0.25) is 17.7 Å². The van der Waals surface area contributed by atoms with Gasteiger partial charge in [-0.1, -0.05) is 81.4 Å². The lowest BCUT2D eigenvalue weighted by molar-refractivity contribution is -0.139. The monoisotopic (exact) mass is 729 g/mol. The molecular formula is C40H51N5O8. The van der Waals surface area contributed by atoms with Crippen molar-refractivity contribution in [2.75, 3.05) is 11.9 Å². The zero-order valence-corrected chi connectivity index (χ0v) is 31.4. The highest BCUT2D eigenvalue weighted by Gasteiger charge is 2.48. The van der Waals surface area contributed by atoms with Gasteiger partial charge in [-0.3, -0.25) is 19.2 Å². The number of amides is 5. The Balaban J connectivity index is 1.47. The zero-order valence-electron chi connectivity index (χ0n) is 31.4. The van der Waals surface area contributed by atoms with Crippen LogP contribution in [0, 0.1) is 5.41 Å². The second-order valence-electron chi connectivity index (χ2n) is 15.5. The summed E-state index contributed by atoms with van der Waals surface area (Å²) in [6, 6.07) is 19.6. The van der Waals surface area contributed by atoms with E-state index < -0.39 is 65.5 Å². The van der Waals surface area contributed by atoms with Gasteiger partial charge in [0.05, 0.1) is 0 Å². The van der Waals surface area contributed by atoms with Gasteiger partial charge in [0, 0.05) is 30.6 Å². The summed E-state index contributed by atoms with van der Waals surface area (Å²) >= 11 is 0. The quantitative estimate of drug-likeness (QED) is 0.143. The maximum atomic E-state index is 13.7. The molecule has 4 rings (SSSR count). The SMILES string of the molecule is C[C@H](NC(=O)[C@H](Cc1ccc(OCc2ccccc2)cc1)NC(=O)OC(C)(C)C)C(=O)N[C@@H](C[C@]1(O)C(=O)Nc2ccccc21)C(=O)NCC(C)(C)C. The predicted octanol–water partition coefficient (Wildman–Crippen LogP) is 4.08. The Labute approximate surface area is 310 Å². The molecule has 53 heavy (non-hydrogen) atoms. The fraction of sp³-hybridized carbons (Fsp3) is 0.425. The first kappa shape index (κ1) is 40.3. The van der Waals surface area contributed by atoms with E-state index in [1.54, 1.807) is 69.3 Å². The summed E-state index contributed by atoms with van der Waals surface area (Å²) in [5, 5.41) is 24.8. The van der Waals surface area contributed by atoms with E-state index in [0.717, 1.165) is 5.56 Å². The van der Waals surface area contributed by atoms with E-state index in [4.69, 9.17) is 9.47 Å². The zero-order chi connectivity index (χ0) is 39.0. The van der Waals surface area contributed by atoms with Crippen molar-refractivity contribution >= 4 is 35.4 Å². The number of fused-ring (bicyclic) bond motifs is 1. The lowest BCUT2D eigenvalue weighted by Gasteiger charge is -2.29. The van der Waals surface area contributed by atoms with Crippen LogP contribution in [0.2, 0.25) is 0 Å². The van der Waals surface area contributed by atoms with Gasteiger partial charge in [-0.2, -0.15) is 0 Å². The maximum absolute atomic E-state index is 13.7. The molecule has 0 aliphatic carbocycles. The van der Waals surface area contributed by atoms with Gasteiger partial charge in [0.15, 0.2) is 5.60 Å². The Morgan fingerprint density at radius 2 is 1.42 bits per heavy atom. The van der Waals surface area contributed by atoms with Crippen LogP contribution in [0.3, 0.4) is 0 Å². The second-order valence-corrected chi connectivity index (χ2v) is 15.5. The number of aliphatic hydroxyl groups is 1. The Morgan fingerprint density at radius 1 is 0.774 bits per heavy atom. The molecule has 1 aliphatic heterocycles. The number of carbonyl (C=O) groups is 5. The number of hydrogen-bond acceptors (Lipinski definition) is 8. The van der Waals surface area contributed by atoms with Gasteiger partial charge < -0.3 is 41.2 Å². The van der Waals surface area contributed by atoms with Crippen molar-refractivity contribution in [3.05, 3.63) is 95.6 Å². The maximum Gasteiger partial charge on any atom is 0.408 e. The molecule has 0 fully saturated rings. The molecule has 4 atom stereocenters. The van der Waals surface area contributed by atoms with Crippen molar-refractivity contribution in [2.24, 2.45) is 5.41 Å². The van der Waals surface area contributed by atoms with Gasteiger partial charge in [0.25, 0.3) is 5.91 Å². The highest BCUT2D eigenvalue weighted by Crippen LogP contribution is 2.39. The average Bonchev–Trinajstić information content (AvgIpc) is 3.34. The van der Waals surface area contributed by atoms with Gasteiger partial charge in [-0.05, 0) is 62.4 Å². The van der Waals surface area contributed by atoms with Crippen molar-refractivity contribution < 1.29 is 38.6 Å². The molecule has 13 heteroatoms. The van der Waals surface area contributed by atoms with Gasteiger partial charge in [-0.15, -0.1) is 0 Å². The van der Waals surface area contributed by atoms with Gasteiger partial charge in [0.1, 0.15) is 36.1 Å². The van der Waals surface area contributed by atoms with Crippen LogP contribution in [0.25, 0.3) is 0 Å². The minimum atomic E-state index is -2.11. The van der Waals surface area contributed by atoms with Crippen molar-refractivity contribution in [3.63, 3.8) is 0 Å². The third-order valence-electron chi connectivity index (χ3n) is 8.29. The standard InChI is InChI=1S/C40H51N5O8/c1-25(33(46)43-32(34(47)41-24-38(2,3)4)22-40(51)29-15-11-12-16-30(29)44-36(40)49)42-35(48)31(45-37(50)53-39(5,6)7)21-26-17-19-28(20-18-26)52-23-27-13-9-8-10-14-27/h8-20,25,31-32,51H,21-24H2,1-7H3,(H,41,47)(H,42,48)(H,43,46)(H,44,49)(H,45,50)/t25-,31-,32-,40+/m0/s1. The number of para-hydroxylation sites is 1. The van der Waals surface area contributed by atoms with E-state index in [0.29, 0.717) is 23.6 Å². The van der Waals surface area contributed by atoms with Crippen molar-refractivity contribution in [1.29, 1.82) is 0 Å². The number of carbonyl (C=O) groups excluding carboxylic acids is 5. The molecule has 0 bridgehead atoms. The third kappa shape index (κ3) is 11.8. The summed E-state index contributed by atoms with van der Waals surface area (Å²) in [5.41, 5.74) is -0.852. The molecule has 0 radical (unpaired) electrons. The Hall–Kier alpha value is -5.43. The first-order valence-electron chi connectivity index (χ1n) is 17.6. The topological polar surface area (TPSA) is 184 Å². The molecule has 1 aliphatic rings. The van der Waals surface area contributed by atoms with Crippen LogP contribution >= 0.6 is 0 Å². The minimum Gasteiger partial charge on any atom is -0.489 e. The fourth-order valence-corrected chi connectivity index (χ4v) is 5.52. The molecule has 284 valence electrons. The Kier molecular flexibility index (Phi) is 12.9. The number of anilines is 1. The molecule has 1 heterocycles. The minimum absolute atomic E-state index is 0.0533. The molecule has 0 saturated heterocycles. The highest BCUT2D eigenvalue weighted by atomic mass is 16.6. The van der Waals surface area contributed by atoms with Crippen molar-refractivity contribution in [1.82, 2.24) is 21.3 Å². The second kappa shape index (κ2) is 16.9. The number of rotatable bonds is 14. The van der Waals surface area contributed by atoms with Crippen LogP contribution in [-0.4, -0.2) is 65.1 Å². The first-order chi connectivity index (χ1) is 24.8. The van der Waals surface area contributed by atoms with E-state index in [9.17, 15) is 29.1 Å². The van der Waals surface area contributed by atoms with Crippen LogP contribution in [0.4, 0.5) is 10.5 Å². The van der Waals surface area contributed by atoms with Gasteiger partial charge in [-0.25, -0.2) is 4.79 Å². The number of ether oxygens (including phenoxy) is 2. The molecule has 0 saturated carbocycles. The summed E-state index contributed by atoms with van der Waals surface area (Å²) in [6.07, 6.45) is -1.24. The molecule has 6 N–H and O–H groups in total. The van der Waals surface area contributed by atoms with Crippen LogP contribution in [-0.2, 0) is 42.5 Å². The molecule has 0 spiro atoms. The van der Waals surface area contributed by atoms with E-state index in [1.807, 2.05) is 51.1 Å². The lowest BCUT2D eigenvalue weighted by Crippen LogP contribution is -2.58. The van der Waals surface area contributed by atoms with Crippen LogP contribution in [0.15, 0.2) is 78.9 Å². The Bertz CT molecular complexity index is 1770. The first-order valence-corrected chi connectivity index (χ1v) is 17.6. The smallest absolute Gasteiger partial charge is 0.408 e. The normalized spacial score (nSPS) is 16.9. The van der Waals surface area contributed by atoms with Crippen molar-refractivity contribution in [3.8, 4) is 5.75 Å². The Morgan fingerprint density at radius 3 is 2.06 bits per heavy atom.